The Labute approximate surface area is 163 Å². The molecule has 0 aliphatic heterocycles. The van der Waals surface area contributed by atoms with E-state index in [0.29, 0.717) is 23.0 Å². The van der Waals surface area contributed by atoms with Crippen molar-refractivity contribution < 1.29 is 27.4 Å². The van der Waals surface area contributed by atoms with Crippen molar-refractivity contribution in [3.05, 3.63) is 70.2 Å². The van der Waals surface area contributed by atoms with E-state index in [9.17, 15) is 18.0 Å². The highest BCUT2D eigenvalue weighted by Gasteiger charge is 2.31. The molecule has 1 N–H and O–H groups in total. The van der Waals surface area contributed by atoms with Gasteiger partial charge < -0.3 is 14.8 Å². The van der Waals surface area contributed by atoms with Crippen LogP contribution in [0.25, 0.3) is 6.08 Å². The van der Waals surface area contributed by atoms with E-state index in [4.69, 9.17) is 4.74 Å². The van der Waals surface area contributed by atoms with Crippen molar-refractivity contribution in [2.45, 2.75) is 19.4 Å². The molecule has 0 heterocycles. The predicted molar refractivity (Wildman–Crippen MR) is 99.1 cm³/mol. The number of halogens is 4. The Morgan fingerprint density at radius 2 is 1.89 bits per heavy atom. The molecule has 2 rings (SSSR count). The lowest BCUT2D eigenvalue weighted by Gasteiger charge is -2.09. The Bertz CT molecular complexity index is 780. The minimum Gasteiger partial charge on any atom is -0.445 e. The third-order valence-corrected chi connectivity index (χ3v) is 3.98. The Morgan fingerprint density at radius 3 is 2.56 bits per heavy atom. The van der Waals surface area contributed by atoms with Crippen molar-refractivity contribution in [3.63, 3.8) is 0 Å². The van der Waals surface area contributed by atoms with Crippen LogP contribution in [-0.2, 0) is 11.3 Å². The van der Waals surface area contributed by atoms with Gasteiger partial charge in [-0.2, -0.15) is 0 Å². The van der Waals surface area contributed by atoms with Gasteiger partial charge in [0, 0.05) is 11.0 Å². The number of carbonyl (C=O) groups excluding carboxylic acids is 1. The van der Waals surface area contributed by atoms with Gasteiger partial charge in [0.2, 0.25) is 0 Å². The average molecular weight is 444 g/mol. The molecule has 0 saturated heterocycles. The summed E-state index contributed by atoms with van der Waals surface area (Å²) in [5.41, 5.74) is 1.59. The second kappa shape index (κ2) is 10.0. The summed E-state index contributed by atoms with van der Waals surface area (Å²) in [4.78, 5) is 11.6. The fraction of sp³-hybridized carbons (Fsp3) is 0.211. The summed E-state index contributed by atoms with van der Waals surface area (Å²) in [6.45, 7) is 0.568. The van der Waals surface area contributed by atoms with Gasteiger partial charge in [0.1, 0.15) is 12.4 Å². The Balaban J connectivity index is 1.71. The van der Waals surface area contributed by atoms with E-state index in [1.54, 1.807) is 12.2 Å². The van der Waals surface area contributed by atoms with Crippen LogP contribution in [-0.4, -0.2) is 19.0 Å². The first-order chi connectivity index (χ1) is 12.8. The highest BCUT2D eigenvalue weighted by molar-refractivity contribution is 9.10. The molecule has 0 aromatic heterocycles. The summed E-state index contributed by atoms with van der Waals surface area (Å²) in [5, 5.41) is 2.62. The monoisotopic (exact) mass is 443 g/mol. The zero-order valence-electron chi connectivity index (χ0n) is 14.1. The minimum absolute atomic E-state index is 0.196. The quantitative estimate of drug-likeness (QED) is 0.560. The van der Waals surface area contributed by atoms with Gasteiger partial charge in [-0.05, 0) is 29.7 Å². The maximum absolute atomic E-state index is 12.2. The lowest BCUT2D eigenvalue weighted by atomic mass is 10.2. The third-order valence-electron chi connectivity index (χ3n) is 3.30. The standard InChI is InChI=1S/C19H17BrF3NO3/c20-17-12-16(27-19(21,22)23)10-9-15(17)8-4-5-11-24-18(25)26-13-14-6-2-1-3-7-14/h1-4,6-10,12H,5,11,13H2,(H,24,25). The summed E-state index contributed by atoms with van der Waals surface area (Å²) in [6.07, 6.45) is -1.17. The van der Waals surface area contributed by atoms with E-state index < -0.39 is 12.5 Å². The van der Waals surface area contributed by atoms with E-state index in [2.05, 4.69) is 26.0 Å². The fourth-order valence-electron chi connectivity index (χ4n) is 2.08. The number of nitrogens with one attached hydrogen (secondary N) is 1. The van der Waals surface area contributed by atoms with E-state index in [0.717, 1.165) is 5.56 Å². The molecule has 8 heteroatoms. The number of carbonyl (C=O) groups is 1. The molecule has 1 amide bonds. The van der Waals surface area contributed by atoms with E-state index in [-0.39, 0.29) is 12.4 Å². The number of alkyl carbamates (subject to hydrolysis) is 1. The molecule has 4 nitrogen and oxygen atoms in total. The fourth-order valence-corrected chi connectivity index (χ4v) is 2.57. The van der Waals surface area contributed by atoms with Crippen molar-refractivity contribution in [2.75, 3.05) is 6.54 Å². The molecule has 0 spiro atoms. The minimum atomic E-state index is -4.72. The van der Waals surface area contributed by atoms with Crippen LogP contribution in [0.4, 0.5) is 18.0 Å². The molecule has 0 unspecified atom stereocenters. The van der Waals surface area contributed by atoms with Crippen LogP contribution in [0.2, 0.25) is 0 Å². The molecule has 27 heavy (non-hydrogen) atoms. The average Bonchev–Trinajstić information content (AvgIpc) is 2.61. The molecule has 2 aromatic carbocycles. The summed E-state index contributed by atoms with van der Waals surface area (Å²) in [6, 6.07) is 13.3. The topological polar surface area (TPSA) is 47.6 Å². The maximum atomic E-state index is 12.2. The number of alkyl halides is 3. The van der Waals surface area contributed by atoms with Gasteiger partial charge in [-0.1, -0.05) is 64.5 Å². The maximum Gasteiger partial charge on any atom is 0.573 e. The van der Waals surface area contributed by atoms with Gasteiger partial charge in [0.25, 0.3) is 0 Å². The SMILES string of the molecule is O=C(NCCC=Cc1ccc(OC(F)(F)F)cc1Br)OCc1ccccc1. The Morgan fingerprint density at radius 1 is 1.15 bits per heavy atom. The van der Waals surface area contributed by atoms with Crippen molar-refractivity contribution in [1.29, 1.82) is 0 Å². The highest BCUT2D eigenvalue weighted by Crippen LogP contribution is 2.28. The lowest BCUT2D eigenvalue weighted by molar-refractivity contribution is -0.274. The number of hydrogen-bond donors (Lipinski definition) is 1. The van der Waals surface area contributed by atoms with Crippen LogP contribution in [0.1, 0.15) is 17.5 Å². The van der Waals surface area contributed by atoms with E-state index in [1.165, 1.54) is 18.2 Å². The second-order valence-corrected chi connectivity index (χ2v) is 6.27. The molecule has 0 radical (unpaired) electrons. The first kappa shape index (κ1) is 20.8. The molecule has 0 atom stereocenters. The van der Waals surface area contributed by atoms with Gasteiger partial charge in [-0.3, -0.25) is 0 Å². The smallest absolute Gasteiger partial charge is 0.445 e. The van der Waals surface area contributed by atoms with Gasteiger partial charge in [-0.15, -0.1) is 13.2 Å². The van der Waals surface area contributed by atoms with Crippen LogP contribution in [0, 0.1) is 0 Å². The normalized spacial score (nSPS) is 11.4. The summed E-state index contributed by atoms with van der Waals surface area (Å²) in [5.74, 6) is -0.297. The van der Waals surface area contributed by atoms with Gasteiger partial charge in [0.15, 0.2) is 0 Å². The highest BCUT2D eigenvalue weighted by atomic mass is 79.9. The zero-order chi connectivity index (χ0) is 19.7. The predicted octanol–water partition coefficient (Wildman–Crippen LogP) is 5.68. The molecule has 0 aliphatic carbocycles. The molecule has 0 aliphatic rings. The Kier molecular flexibility index (Phi) is 7.72. The van der Waals surface area contributed by atoms with Crippen LogP contribution < -0.4 is 10.1 Å². The second-order valence-electron chi connectivity index (χ2n) is 5.41. The van der Waals surface area contributed by atoms with Gasteiger partial charge in [-0.25, -0.2) is 4.79 Å². The molecule has 0 saturated carbocycles. The van der Waals surface area contributed by atoms with E-state index in [1.807, 2.05) is 30.3 Å². The molecule has 2 aromatic rings. The van der Waals surface area contributed by atoms with Gasteiger partial charge >= 0.3 is 12.5 Å². The van der Waals surface area contributed by atoms with Crippen LogP contribution in [0.15, 0.2) is 59.1 Å². The molecular formula is C19H17BrF3NO3. The number of hydrogen-bond acceptors (Lipinski definition) is 3. The number of benzene rings is 2. The van der Waals surface area contributed by atoms with Crippen molar-refractivity contribution >= 4 is 28.1 Å². The third kappa shape index (κ3) is 8.17. The van der Waals surface area contributed by atoms with Crippen molar-refractivity contribution in [1.82, 2.24) is 5.32 Å². The lowest BCUT2D eigenvalue weighted by Crippen LogP contribution is -2.24. The first-order valence-electron chi connectivity index (χ1n) is 8.00. The summed E-state index contributed by atoms with van der Waals surface area (Å²) < 4.78 is 45.9. The zero-order valence-corrected chi connectivity index (χ0v) is 15.7. The van der Waals surface area contributed by atoms with Crippen molar-refractivity contribution in [2.24, 2.45) is 0 Å². The van der Waals surface area contributed by atoms with Crippen LogP contribution in [0.5, 0.6) is 5.75 Å². The Hall–Kier alpha value is -2.48. The molecule has 144 valence electrons. The molecular weight excluding hydrogens is 427 g/mol. The first-order valence-corrected chi connectivity index (χ1v) is 8.79. The molecule has 0 fully saturated rings. The number of amides is 1. The van der Waals surface area contributed by atoms with Crippen LogP contribution in [0.3, 0.4) is 0 Å². The van der Waals surface area contributed by atoms with E-state index >= 15 is 0 Å². The number of ether oxygens (including phenoxy) is 2. The van der Waals surface area contributed by atoms with Crippen LogP contribution >= 0.6 is 15.9 Å². The van der Waals surface area contributed by atoms with Crippen molar-refractivity contribution in [3.8, 4) is 5.75 Å². The largest absolute Gasteiger partial charge is 0.573 e. The summed E-state index contributed by atoms with van der Waals surface area (Å²) in [7, 11) is 0. The number of rotatable bonds is 7. The summed E-state index contributed by atoms with van der Waals surface area (Å²) >= 11 is 3.20. The molecule has 0 bridgehead atoms. The van der Waals surface area contributed by atoms with Gasteiger partial charge in [0.05, 0.1) is 0 Å².